The minimum Gasteiger partial charge on any atom is -0.494 e. The Hall–Kier alpha value is -1.51. The molecular formula is C14H21NO2. The highest BCUT2D eigenvalue weighted by Crippen LogP contribution is 2.14. The third-order valence-electron chi connectivity index (χ3n) is 2.62. The highest BCUT2D eigenvalue weighted by molar-refractivity contribution is 5.98. The van der Waals surface area contributed by atoms with Crippen LogP contribution in [0, 0.1) is 5.92 Å². The molecule has 0 unspecified atom stereocenters. The van der Waals surface area contributed by atoms with Crippen molar-refractivity contribution in [3.05, 3.63) is 29.8 Å². The molecular weight excluding hydrogens is 214 g/mol. The molecule has 1 N–H and O–H groups in total. The van der Waals surface area contributed by atoms with Crippen LogP contribution in [0.3, 0.4) is 0 Å². The summed E-state index contributed by atoms with van der Waals surface area (Å²) in [5.41, 5.74) is 1.51. The molecule has 0 aromatic heterocycles. The van der Waals surface area contributed by atoms with Crippen LogP contribution in [0.25, 0.3) is 0 Å². The lowest BCUT2D eigenvalue weighted by molar-refractivity contribution is 0.297. The Kier molecular flexibility index (Phi) is 5.53. The summed E-state index contributed by atoms with van der Waals surface area (Å²) >= 11 is 0. The number of ether oxygens (including phenoxy) is 1. The molecule has 1 aromatic carbocycles. The average Bonchev–Trinajstić information content (AvgIpc) is 2.34. The lowest BCUT2D eigenvalue weighted by Crippen LogP contribution is -2.00. The summed E-state index contributed by atoms with van der Waals surface area (Å²) in [6.07, 6.45) is 2.27. The van der Waals surface area contributed by atoms with E-state index in [1.165, 1.54) is 6.42 Å². The smallest absolute Gasteiger partial charge is 0.119 e. The van der Waals surface area contributed by atoms with E-state index in [9.17, 15) is 0 Å². The van der Waals surface area contributed by atoms with Crippen molar-refractivity contribution in [1.29, 1.82) is 0 Å². The van der Waals surface area contributed by atoms with Crippen molar-refractivity contribution in [2.75, 3.05) is 6.61 Å². The zero-order valence-corrected chi connectivity index (χ0v) is 10.8. The van der Waals surface area contributed by atoms with Gasteiger partial charge in [0.2, 0.25) is 0 Å². The first-order valence-electron chi connectivity index (χ1n) is 6.05. The van der Waals surface area contributed by atoms with Gasteiger partial charge in [-0.05, 0) is 55.5 Å². The van der Waals surface area contributed by atoms with Crippen molar-refractivity contribution in [3.63, 3.8) is 0 Å². The minimum atomic E-state index is 0.608. The maximum atomic E-state index is 8.64. The van der Waals surface area contributed by atoms with E-state index >= 15 is 0 Å². The van der Waals surface area contributed by atoms with Gasteiger partial charge in [0.25, 0.3) is 0 Å². The van der Waals surface area contributed by atoms with Crippen molar-refractivity contribution < 1.29 is 9.94 Å². The molecule has 0 fully saturated rings. The molecule has 0 saturated heterocycles. The Morgan fingerprint density at radius 3 is 2.47 bits per heavy atom. The van der Waals surface area contributed by atoms with Gasteiger partial charge in [-0.3, -0.25) is 0 Å². The number of rotatable bonds is 6. The van der Waals surface area contributed by atoms with Crippen molar-refractivity contribution >= 4 is 5.71 Å². The first kappa shape index (κ1) is 13.6. The summed E-state index contributed by atoms with van der Waals surface area (Å²) in [6.45, 7) is 6.95. The van der Waals surface area contributed by atoms with Gasteiger partial charge in [-0.2, -0.15) is 0 Å². The summed E-state index contributed by atoms with van der Waals surface area (Å²) in [5.74, 6) is 1.59. The third-order valence-corrected chi connectivity index (χ3v) is 2.62. The van der Waals surface area contributed by atoms with E-state index in [2.05, 4.69) is 19.0 Å². The third kappa shape index (κ3) is 4.89. The summed E-state index contributed by atoms with van der Waals surface area (Å²) in [6, 6.07) is 7.60. The van der Waals surface area contributed by atoms with E-state index in [1.807, 2.05) is 24.3 Å². The molecule has 3 nitrogen and oxygen atoms in total. The molecule has 1 aromatic rings. The molecule has 0 atom stereocenters. The van der Waals surface area contributed by atoms with Crippen LogP contribution < -0.4 is 4.74 Å². The second kappa shape index (κ2) is 6.94. The summed E-state index contributed by atoms with van der Waals surface area (Å²) in [4.78, 5) is 0. The lowest BCUT2D eigenvalue weighted by atomic mass is 10.1. The zero-order chi connectivity index (χ0) is 12.7. The van der Waals surface area contributed by atoms with Gasteiger partial charge in [0.05, 0.1) is 12.3 Å². The molecule has 1 rings (SSSR count). The Bertz CT molecular complexity index is 355. The fraction of sp³-hybridized carbons (Fsp3) is 0.500. The first-order valence-corrected chi connectivity index (χ1v) is 6.05. The fourth-order valence-electron chi connectivity index (χ4n) is 1.53. The van der Waals surface area contributed by atoms with E-state index in [0.717, 1.165) is 30.3 Å². The Morgan fingerprint density at radius 2 is 1.94 bits per heavy atom. The first-order chi connectivity index (χ1) is 8.13. The number of oxime groups is 1. The zero-order valence-electron chi connectivity index (χ0n) is 10.8. The van der Waals surface area contributed by atoms with Crippen LogP contribution in [0.4, 0.5) is 0 Å². The van der Waals surface area contributed by atoms with Crippen molar-refractivity contribution in [2.24, 2.45) is 11.1 Å². The van der Waals surface area contributed by atoms with Crippen LogP contribution in [-0.2, 0) is 0 Å². The van der Waals surface area contributed by atoms with Gasteiger partial charge in [-0.1, -0.05) is 19.0 Å². The molecule has 0 aliphatic carbocycles. The normalized spacial score (nSPS) is 11.9. The summed E-state index contributed by atoms with van der Waals surface area (Å²) in [7, 11) is 0. The van der Waals surface area contributed by atoms with Crippen LogP contribution in [0.2, 0.25) is 0 Å². The van der Waals surface area contributed by atoms with Gasteiger partial charge in [0, 0.05) is 0 Å². The van der Waals surface area contributed by atoms with Crippen LogP contribution in [0.1, 0.15) is 39.2 Å². The van der Waals surface area contributed by atoms with E-state index in [4.69, 9.17) is 9.94 Å². The van der Waals surface area contributed by atoms with Gasteiger partial charge in [0.1, 0.15) is 5.75 Å². The Morgan fingerprint density at radius 1 is 1.29 bits per heavy atom. The maximum Gasteiger partial charge on any atom is 0.119 e. The van der Waals surface area contributed by atoms with Gasteiger partial charge < -0.3 is 9.94 Å². The molecule has 0 aliphatic rings. The molecule has 0 bridgehead atoms. The lowest BCUT2D eigenvalue weighted by Gasteiger charge is -2.08. The van der Waals surface area contributed by atoms with Crippen molar-refractivity contribution in [1.82, 2.24) is 0 Å². The molecule has 0 aliphatic heterocycles. The largest absolute Gasteiger partial charge is 0.494 e. The van der Waals surface area contributed by atoms with Gasteiger partial charge in [-0.15, -0.1) is 0 Å². The number of nitrogens with zero attached hydrogens (tertiary/aromatic N) is 1. The predicted molar refractivity (Wildman–Crippen MR) is 70.0 cm³/mol. The number of benzene rings is 1. The van der Waals surface area contributed by atoms with Crippen LogP contribution in [0.5, 0.6) is 5.75 Å². The minimum absolute atomic E-state index is 0.608. The number of hydrogen-bond donors (Lipinski definition) is 1. The van der Waals surface area contributed by atoms with Crippen molar-refractivity contribution in [2.45, 2.75) is 33.6 Å². The number of hydrogen-bond acceptors (Lipinski definition) is 3. The van der Waals surface area contributed by atoms with E-state index in [0.29, 0.717) is 5.71 Å². The Balaban J connectivity index is 2.41. The predicted octanol–water partition coefficient (Wildman–Crippen LogP) is 3.70. The molecule has 3 heteroatoms. The second-order valence-corrected chi connectivity index (χ2v) is 4.59. The molecule has 0 radical (unpaired) electrons. The topological polar surface area (TPSA) is 41.8 Å². The molecule has 0 saturated carbocycles. The van der Waals surface area contributed by atoms with Crippen molar-refractivity contribution in [3.8, 4) is 5.75 Å². The molecule has 94 valence electrons. The second-order valence-electron chi connectivity index (χ2n) is 4.59. The Labute approximate surface area is 103 Å². The van der Waals surface area contributed by atoms with Gasteiger partial charge >= 0.3 is 0 Å². The monoisotopic (exact) mass is 235 g/mol. The van der Waals surface area contributed by atoms with Crippen LogP contribution in [-0.4, -0.2) is 17.5 Å². The molecule has 0 heterocycles. The van der Waals surface area contributed by atoms with Gasteiger partial charge in [0.15, 0.2) is 0 Å². The maximum absolute atomic E-state index is 8.64. The molecule has 17 heavy (non-hydrogen) atoms. The fourth-order valence-corrected chi connectivity index (χ4v) is 1.53. The van der Waals surface area contributed by atoms with E-state index in [1.54, 1.807) is 6.92 Å². The van der Waals surface area contributed by atoms with E-state index in [-0.39, 0.29) is 0 Å². The molecule has 0 spiro atoms. The van der Waals surface area contributed by atoms with E-state index < -0.39 is 0 Å². The summed E-state index contributed by atoms with van der Waals surface area (Å²) in [5, 5.41) is 11.8. The van der Waals surface area contributed by atoms with Gasteiger partial charge in [-0.25, -0.2) is 0 Å². The standard InChI is InChI=1S/C14H21NO2/c1-11(2)5-4-10-17-14-8-6-13(7-9-14)12(3)15-16/h6-9,11,16H,4-5,10H2,1-3H3/b15-12+. The SMILES string of the molecule is C/C(=N\O)c1ccc(OCCCC(C)C)cc1. The highest BCUT2D eigenvalue weighted by atomic mass is 16.5. The quantitative estimate of drug-likeness (QED) is 0.353. The van der Waals surface area contributed by atoms with Crippen LogP contribution >= 0.6 is 0 Å². The highest BCUT2D eigenvalue weighted by Gasteiger charge is 1.99. The summed E-state index contributed by atoms with van der Waals surface area (Å²) < 4.78 is 5.62. The average molecular weight is 235 g/mol. The van der Waals surface area contributed by atoms with Crippen LogP contribution in [0.15, 0.2) is 29.4 Å². The molecule has 0 amide bonds.